The Kier molecular flexibility index (Phi) is 2.60. The third-order valence-electron chi connectivity index (χ3n) is 4.49. The number of fused-ring (bicyclic) bond motifs is 3. The minimum atomic E-state index is -3.54. The van der Waals surface area contributed by atoms with E-state index in [0.29, 0.717) is 5.92 Å². The summed E-state index contributed by atoms with van der Waals surface area (Å²) in [6.07, 6.45) is 2.38. The number of halogens is 1. The lowest BCUT2D eigenvalue weighted by molar-refractivity contribution is 0.475. The van der Waals surface area contributed by atoms with Crippen molar-refractivity contribution in [2.24, 2.45) is 0 Å². The van der Waals surface area contributed by atoms with Gasteiger partial charge in [-0.25, -0.2) is 8.42 Å². The summed E-state index contributed by atoms with van der Waals surface area (Å²) in [6.45, 7) is 2.18. The Morgan fingerprint density at radius 3 is 2.75 bits per heavy atom. The van der Waals surface area contributed by atoms with Crippen LogP contribution in [0.4, 0.5) is 5.82 Å². The second-order valence-electron chi connectivity index (χ2n) is 5.67. The summed E-state index contributed by atoms with van der Waals surface area (Å²) in [5.41, 5.74) is 3.05. The van der Waals surface area contributed by atoms with Gasteiger partial charge in [-0.15, -0.1) is 0 Å². The van der Waals surface area contributed by atoms with Crippen LogP contribution in [0.2, 0.25) is 0 Å². The first-order valence-electron chi connectivity index (χ1n) is 6.84. The SMILES string of the molecule is O=S(=O)(Cl)Cc1cccc2c3c([nH]c12)N1CCC3CC1. The zero-order chi connectivity index (χ0) is 13.9. The van der Waals surface area contributed by atoms with Gasteiger partial charge in [-0.05, 0) is 24.3 Å². The smallest absolute Gasteiger partial charge is 0.236 e. The topological polar surface area (TPSA) is 53.2 Å². The van der Waals surface area contributed by atoms with E-state index in [2.05, 4.69) is 16.0 Å². The van der Waals surface area contributed by atoms with Crippen molar-refractivity contribution in [3.63, 3.8) is 0 Å². The van der Waals surface area contributed by atoms with E-state index < -0.39 is 9.05 Å². The van der Waals surface area contributed by atoms with E-state index in [1.807, 2.05) is 12.1 Å². The maximum atomic E-state index is 11.4. The molecule has 1 N–H and O–H groups in total. The van der Waals surface area contributed by atoms with E-state index in [1.54, 1.807) is 0 Å². The van der Waals surface area contributed by atoms with Crippen LogP contribution in [0.5, 0.6) is 0 Å². The van der Waals surface area contributed by atoms with Gasteiger partial charge in [0.25, 0.3) is 0 Å². The highest BCUT2D eigenvalue weighted by molar-refractivity contribution is 8.13. The molecule has 0 unspecified atom stereocenters. The number of nitrogens with one attached hydrogen (secondary N) is 1. The van der Waals surface area contributed by atoms with Gasteiger partial charge >= 0.3 is 0 Å². The standard InChI is InChI=1S/C14H15ClN2O2S/c15-20(18,19)8-10-2-1-3-11-12-9-4-6-17(7-5-9)14(12)16-13(10)11/h1-3,9,16H,4-8H2. The summed E-state index contributed by atoms with van der Waals surface area (Å²) in [5, 5.41) is 1.16. The molecule has 0 saturated carbocycles. The van der Waals surface area contributed by atoms with Crippen LogP contribution in [-0.2, 0) is 14.8 Å². The highest BCUT2D eigenvalue weighted by atomic mass is 35.7. The molecular formula is C14H15ClN2O2S. The van der Waals surface area contributed by atoms with E-state index in [0.717, 1.165) is 29.6 Å². The second-order valence-corrected chi connectivity index (χ2v) is 8.45. The molecule has 4 nitrogen and oxygen atoms in total. The van der Waals surface area contributed by atoms with Crippen LogP contribution in [-0.4, -0.2) is 26.5 Å². The number of nitrogens with zero attached hydrogens (tertiary/aromatic N) is 1. The molecule has 1 saturated heterocycles. The Bertz CT molecular complexity index is 789. The summed E-state index contributed by atoms with van der Waals surface area (Å²) in [7, 11) is 1.87. The minimum absolute atomic E-state index is 0.129. The molecule has 0 atom stereocenters. The lowest BCUT2D eigenvalue weighted by Gasteiger charge is -2.40. The van der Waals surface area contributed by atoms with Gasteiger partial charge in [0, 0.05) is 34.7 Å². The number of hydrogen-bond donors (Lipinski definition) is 1. The number of aromatic nitrogens is 1. The van der Waals surface area contributed by atoms with Gasteiger partial charge in [-0.2, -0.15) is 0 Å². The van der Waals surface area contributed by atoms with Crippen LogP contribution in [0.3, 0.4) is 0 Å². The van der Waals surface area contributed by atoms with Crippen LogP contribution < -0.4 is 4.90 Å². The van der Waals surface area contributed by atoms with E-state index in [1.165, 1.54) is 24.2 Å². The quantitative estimate of drug-likeness (QED) is 0.868. The number of hydrogen-bond acceptors (Lipinski definition) is 3. The summed E-state index contributed by atoms with van der Waals surface area (Å²) in [5.74, 6) is 1.66. The molecular weight excluding hydrogens is 296 g/mol. The molecule has 2 bridgehead atoms. The Balaban J connectivity index is 1.95. The molecule has 6 heteroatoms. The summed E-state index contributed by atoms with van der Waals surface area (Å²) < 4.78 is 22.7. The predicted octanol–water partition coefficient (Wildman–Crippen LogP) is 2.93. The molecule has 2 aromatic rings. The Morgan fingerprint density at radius 1 is 1.30 bits per heavy atom. The first kappa shape index (κ1) is 12.5. The van der Waals surface area contributed by atoms with Crippen LogP contribution in [0.1, 0.15) is 29.9 Å². The molecule has 3 aliphatic heterocycles. The summed E-state index contributed by atoms with van der Waals surface area (Å²) in [4.78, 5) is 5.81. The van der Waals surface area contributed by atoms with Crippen LogP contribution in [0.15, 0.2) is 18.2 Å². The molecule has 1 fully saturated rings. The molecule has 0 amide bonds. The lowest BCUT2D eigenvalue weighted by Crippen LogP contribution is -2.38. The lowest BCUT2D eigenvalue weighted by atomic mass is 9.84. The third-order valence-corrected chi connectivity index (χ3v) is 5.47. The van der Waals surface area contributed by atoms with Gasteiger partial charge in [-0.3, -0.25) is 0 Å². The zero-order valence-corrected chi connectivity index (χ0v) is 12.5. The Morgan fingerprint density at radius 2 is 2.05 bits per heavy atom. The number of benzene rings is 1. The largest absolute Gasteiger partial charge is 0.358 e. The minimum Gasteiger partial charge on any atom is -0.358 e. The number of para-hydroxylation sites is 1. The highest BCUT2D eigenvalue weighted by Gasteiger charge is 2.34. The van der Waals surface area contributed by atoms with Gasteiger partial charge in [0.15, 0.2) is 0 Å². The zero-order valence-electron chi connectivity index (χ0n) is 10.9. The number of aromatic amines is 1. The molecule has 1 aromatic heterocycles. The van der Waals surface area contributed by atoms with E-state index in [9.17, 15) is 8.42 Å². The monoisotopic (exact) mass is 310 g/mol. The first-order chi connectivity index (χ1) is 9.53. The van der Waals surface area contributed by atoms with Crippen molar-refractivity contribution in [1.82, 2.24) is 4.98 Å². The molecule has 1 aromatic carbocycles. The van der Waals surface area contributed by atoms with Crippen molar-refractivity contribution in [2.45, 2.75) is 24.5 Å². The van der Waals surface area contributed by atoms with Crippen LogP contribution in [0, 0.1) is 0 Å². The normalized spacial score (nSPS) is 18.8. The van der Waals surface area contributed by atoms with Gasteiger partial charge in [0.2, 0.25) is 9.05 Å². The van der Waals surface area contributed by atoms with Gasteiger partial charge in [0.05, 0.1) is 11.3 Å². The van der Waals surface area contributed by atoms with Crippen molar-refractivity contribution in [3.8, 4) is 0 Å². The van der Waals surface area contributed by atoms with Crippen molar-refractivity contribution in [2.75, 3.05) is 18.0 Å². The van der Waals surface area contributed by atoms with Crippen molar-refractivity contribution >= 4 is 36.5 Å². The Hall–Kier alpha value is -1.20. The Labute approximate surface area is 122 Å². The molecule has 0 radical (unpaired) electrons. The predicted molar refractivity (Wildman–Crippen MR) is 81.0 cm³/mol. The van der Waals surface area contributed by atoms with Gasteiger partial charge in [-0.1, -0.05) is 18.2 Å². The molecule has 20 heavy (non-hydrogen) atoms. The average molecular weight is 311 g/mol. The molecule has 0 aliphatic carbocycles. The van der Waals surface area contributed by atoms with Crippen molar-refractivity contribution in [3.05, 3.63) is 29.3 Å². The van der Waals surface area contributed by atoms with Gasteiger partial charge in [0.1, 0.15) is 5.82 Å². The fraction of sp³-hybridized carbons (Fsp3) is 0.429. The number of rotatable bonds is 2. The fourth-order valence-electron chi connectivity index (χ4n) is 3.65. The van der Waals surface area contributed by atoms with Gasteiger partial charge < -0.3 is 9.88 Å². The average Bonchev–Trinajstić information content (AvgIpc) is 2.81. The molecule has 0 spiro atoms. The maximum absolute atomic E-state index is 11.4. The number of piperidine rings is 1. The molecule has 5 rings (SSSR count). The fourth-order valence-corrected chi connectivity index (χ4v) is 4.61. The maximum Gasteiger partial charge on any atom is 0.236 e. The number of H-pyrrole nitrogens is 1. The van der Waals surface area contributed by atoms with Crippen LogP contribution in [0.25, 0.3) is 10.9 Å². The third kappa shape index (κ3) is 1.84. The number of anilines is 1. The molecule has 106 valence electrons. The van der Waals surface area contributed by atoms with Crippen LogP contribution >= 0.6 is 10.7 Å². The first-order valence-corrected chi connectivity index (χ1v) is 9.31. The van der Waals surface area contributed by atoms with Crippen molar-refractivity contribution < 1.29 is 8.42 Å². The molecule has 4 heterocycles. The van der Waals surface area contributed by atoms with Crippen molar-refractivity contribution in [1.29, 1.82) is 0 Å². The van der Waals surface area contributed by atoms with E-state index >= 15 is 0 Å². The van der Waals surface area contributed by atoms with E-state index in [4.69, 9.17) is 10.7 Å². The molecule has 3 aliphatic rings. The summed E-state index contributed by atoms with van der Waals surface area (Å²) >= 11 is 0. The highest BCUT2D eigenvalue weighted by Crippen LogP contribution is 2.46. The van der Waals surface area contributed by atoms with E-state index in [-0.39, 0.29) is 5.75 Å². The summed E-state index contributed by atoms with van der Waals surface area (Å²) in [6, 6.07) is 5.84. The second kappa shape index (κ2) is 4.15.